The van der Waals surface area contributed by atoms with Crippen LogP contribution in [0.25, 0.3) is 43.6 Å². The molecule has 10 atom stereocenters. The van der Waals surface area contributed by atoms with E-state index in [2.05, 4.69) is 74.6 Å². The van der Waals surface area contributed by atoms with Crippen LogP contribution in [0, 0.1) is 13.8 Å². The molecule has 7 N–H and O–H groups in total. The largest absolute Gasteiger partial charge is 0.444 e. The lowest BCUT2D eigenvalue weighted by Gasteiger charge is -2.36. The normalized spacial score (nSPS) is 21.0. The lowest BCUT2D eigenvalue weighted by molar-refractivity contribution is -0.123. The second-order valence-electron chi connectivity index (χ2n) is 36.3. The van der Waals surface area contributed by atoms with Gasteiger partial charge in [0.05, 0.1) is 32.9 Å². The smallest absolute Gasteiger partial charge is 0.411 e. The van der Waals surface area contributed by atoms with Crippen molar-refractivity contribution in [2.45, 2.75) is 350 Å². The summed E-state index contributed by atoms with van der Waals surface area (Å²) >= 11 is 0. The summed E-state index contributed by atoms with van der Waals surface area (Å²) in [6, 6.07) is 58.5. The first-order chi connectivity index (χ1) is 61.3. The maximum atomic E-state index is 13.8. The van der Waals surface area contributed by atoms with Gasteiger partial charge in [0.2, 0.25) is 0 Å². The number of para-hydroxylation sites is 5. The number of piperidine rings is 1. The highest BCUT2D eigenvalue weighted by Gasteiger charge is 2.50. The van der Waals surface area contributed by atoms with Gasteiger partial charge in [-0.3, -0.25) is 20.4 Å². The highest BCUT2D eigenvalue weighted by atomic mass is 32.2. The zero-order chi connectivity index (χ0) is 93.1. The lowest BCUT2D eigenvalue weighted by atomic mass is 9.97. The number of aryl methyl sites for hydroxylation is 2. The second-order valence-corrected chi connectivity index (χ2v) is 39.9. The van der Waals surface area contributed by atoms with Crippen LogP contribution >= 0.6 is 0 Å². The minimum Gasteiger partial charge on any atom is -0.444 e. The summed E-state index contributed by atoms with van der Waals surface area (Å²) in [5.74, 6) is 5.38. The molecule has 0 saturated carbocycles. The Morgan fingerprint density at radius 1 is 0.377 bits per heavy atom. The topological polar surface area (TPSA) is 278 Å². The molecule has 21 rings (SSSR count). The van der Waals surface area contributed by atoms with Crippen LogP contribution in [-0.2, 0) is 64.7 Å². The summed E-state index contributed by atoms with van der Waals surface area (Å²) in [6.07, 6.45) is 14.0. The van der Waals surface area contributed by atoms with Crippen molar-refractivity contribution in [2.24, 2.45) is 5.84 Å². The standard InChI is InChI=1S/C25H28N2O4S.C20H20N2O2S.C18H22N2O2.C13H14N2.C12H19NO3.C6H8N2.5C2H6.2CH4/c1-16-9-12-18(13-10-16)32(29,30)27-20-8-6-5-7-19(20)23-21-14-11-17(15-22(23)27)26(21)24(28)31-25(2,3)4;1-13-6-9-15(10-7-13)25(23,24)22-18-5-3-2-4-16(18)20-17-11-8-14(21-17)12-19(20)22;1-18(2,3)22-17(21)20-11-8-9-15(20)16-12-6-4-5-7-13(12)19-14(16)10-11;1-2-4-10-9(3-1)13-11-6-5-8(14-11)7-12(13)15-10;1-12(2,3)16-11(15)13-8-4-5-9(13)7-10(14)6-8;7-8-6-4-2-1-3-5-6;5*1-2;;/h5-10,12-13,17,21H,11,14-15H2,1-4H3;2-7,9-10,14,17,21H,8,11-12H2,1H3;4-7,11,15,19H,8-10H2,1-3H3;1-4,8,11,14-15H,5-7H2;8-9H,4-7H2,1-3H3;1-5,8H,7H2;5*1-2H3;2*1H4. The number of hydrogen-bond donors (Lipinski definition) is 6. The number of rotatable bonds is 5. The molecule has 0 aliphatic carbocycles. The van der Waals surface area contributed by atoms with Crippen LogP contribution in [0.15, 0.2) is 186 Å². The van der Waals surface area contributed by atoms with Gasteiger partial charge in [-0.2, -0.15) is 0 Å². The minimum atomic E-state index is -3.78. The molecule has 130 heavy (non-hydrogen) atoms. The molecule has 0 radical (unpaired) electrons. The average Bonchev–Trinajstić information content (AvgIpc) is 1.59. The number of nitrogens with one attached hydrogen (secondary N) is 5. The van der Waals surface area contributed by atoms with E-state index in [0.29, 0.717) is 41.8 Å². The number of benzene rings is 7. The summed E-state index contributed by atoms with van der Waals surface area (Å²) in [7, 11) is -7.39. The van der Waals surface area contributed by atoms with Crippen molar-refractivity contribution in [3.05, 3.63) is 232 Å². The maximum absolute atomic E-state index is 13.8. The highest BCUT2D eigenvalue weighted by molar-refractivity contribution is 7.90. The summed E-state index contributed by atoms with van der Waals surface area (Å²) in [6.45, 7) is 40.9. The van der Waals surface area contributed by atoms with Gasteiger partial charge < -0.3 is 45.1 Å². The molecule has 11 aromatic rings. The van der Waals surface area contributed by atoms with E-state index in [9.17, 15) is 36.0 Å². The minimum absolute atomic E-state index is 0. The number of carbonyl (C=O) groups excluding carboxylic acids is 4. The number of H-pyrrole nitrogens is 2. The molecule has 10 unspecified atom stereocenters. The Balaban J connectivity index is 0.000000177. The maximum Gasteiger partial charge on any atom is 0.411 e. The second kappa shape index (κ2) is 44.3. The van der Waals surface area contributed by atoms with Crippen LogP contribution in [0.5, 0.6) is 0 Å². The lowest BCUT2D eigenvalue weighted by Crippen LogP contribution is -2.48. The van der Waals surface area contributed by atoms with Crippen molar-refractivity contribution in [1.29, 1.82) is 0 Å². The molecule has 4 aromatic heterocycles. The van der Waals surface area contributed by atoms with Crippen LogP contribution in [0.3, 0.4) is 0 Å². The molecular weight excluding hydrogens is 1670 g/mol. The molecule has 706 valence electrons. The number of nitrogens with two attached hydrogens (primary N) is 1. The average molecular weight is 1820 g/mol. The summed E-state index contributed by atoms with van der Waals surface area (Å²) in [5.41, 5.74) is 17.5. The predicted octanol–water partition coefficient (Wildman–Crippen LogP) is 24.9. The van der Waals surface area contributed by atoms with Gasteiger partial charge in [-0.15, -0.1) is 0 Å². The number of anilines is 1. The Morgan fingerprint density at radius 3 is 1.16 bits per heavy atom. The van der Waals surface area contributed by atoms with Gasteiger partial charge >= 0.3 is 18.3 Å². The van der Waals surface area contributed by atoms with Crippen molar-refractivity contribution < 1.29 is 50.2 Å². The zero-order valence-electron chi connectivity index (χ0n) is 79.5. The third-order valence-corrected chi connectivity index (χ3v) is 28.2. The number of ether oxygens (including phenoxy) is 3. The van der Waals surface area contributed by atoms with Crippen LogP contribution in [-0.4, -0.2) is 127 Å². The van der Waals surface area contributed by atoms with Gasteiger partial charge in [-0.05, 0) is 212 Å². The van der Waals surface area contributed by atoms with E-state index in [1.54, 1.807) is 38.7 Å². The zero-order valence-corrected chi connectivity index (χ0v) is 81.1. The van der Waals surface area contributed by atoms with Crippen LogP contribution in [0.1, 0.15) is 304 Å². The monoisotopic (exact) mass is 1820 g/mol. The Kier molecular flexibility index (Phi) is 35.3. The van der Waals surface area contributed by atoms with Gasteiger partial charge in [0.25, 0.3) is 20.0 Å². The Bertz CT molecular complexity index is 5840. The van der Waals surface area contributed by atoms with E-state index < -0.39 is 36.8 Å². The first-order valence-corrected chi connectivity index (χ1v) is 49.8. The van der Waals surface area contributed by atoms with Crippen molar-refractivity contribution in [3.8, 4) is 0 Å². The molecule has 22 nitrogen and oxygen atoms in total. The summed E-state index contributed by atoms with van der Waals surface area (Å²) in [4.78, 5) is 62.4. The molecule has 7 aromatic carbocycles. The van der Waals surface area contributed by atoms with Crippen molar-refractivity contribution in [1.82, 2.24) is 43.2 Å². The number of aromatic amines is 2. The fourth-order valence-corrected chi connectivity index (χ4v) is 23.0. The number of carbonyl (C=O) groups is 4. The van der Waals surface area contributed by atoms with Gasteiger partial charge in [0.1, 0.15) is 22.6 Å². The van der Waals surface area contributed by atoms with Crippen LogP contribution < -0.4 is 21.9 Å². The Labute approximate surface area is 775 Å². The molecular formula is C106H149N11O11S2. The fourth-order valence-electron chi connectivity index (χ4n) is 19.8. The third kappa shape index (κ3) is 22.4. The van der Waals surface area contributed by atoms with Gasteiger partial charge in [-0.1, -0.05) is 210 Å². The van der Waals surface area contributed by atoms with Crippen molar-refractivity contribution in [3.63, 3.8) is 0 Å². The van der Waals surface area contributed by atoms with E-state index in [4.69, 9.17) is 20.1 Å². The van der Waals surface area contributed by atoms with Crippen molar-refractivity contribution in [2.75, 3.05) is 5.43 Å². The van der Waals surface area contributed by atoms with Crippen LogP contribution in [0.4, 0.5) is 20.1 Å². The number of aromatic nitrogens is 4. The fraction of sp³-hybridized carbons (Fsp3) is 0.491. The number of ketones is 1. The quantitative estimate of drug-likeness (QED) is 0.0531. The molecule has 6 saturated heterocycles. The summed E-state index contributed by atoms with van der Waals surface area (Å²) < 4.78 is 74.3. The highest BCUT2D eigenvalue weighted by Crippen LogP contribution is 2.51. The molecule has 6 fully saturated rings. The Morgan fingerprint density at radius 2 is 0.723 bits per heavy atom. The molecule has 14 heterocycles. The van der Waals surface area contributed by atoms with E-state index in [1.165, 1.54) is 67.6 Å². The number of Topliss-reactive ketones (excluding diaryl/α,β-unsaturated/α-hetero) is 1. The number of nitrogens with zero attached hydrogens (tertiary/aromatic N) is 5. The molecule has 10 aliphatic heterocycles. The van der Waals surface area contributed by atoms with Gasteiger partial charge in [0.15, 0.2) is 0 Å². The van der Waals surface area contributed by atoms with E-state index >= 15 is 0 Å². The first kappa shape index (κ1) is 103. The van der Waals surface area contributed by atoms with E-state index in [0.717, 1.165) is 120 Å². The molecule has 0 spiro atoms. The molecule has 3 amide bonds. The van der Waals surface area contributed by atoms with E-state index in [-0.39, 0.29) is 86.1 Å². The SMILES string of the molecule is C.C.CC.CC.CC.CC.CC.CC(C)(C)OC(=O)N1C2CCC1CC(=O)C2.CC(C)(C)OC(=O)N1C2CCC1c1c([nH]c3ccccc13)C2.Cc1ccc(S(=O)(=O)n2c3c(c4ccccc42)C2CCC(C3)N2)cc1.Cc1ccc(S(=O)(=O)n2c3c(c4ccccc42)C2CCC(C3)N2C(=O)OC(C)(C)C)cc1.NNc1ccccc1.c1ccc2c3c([nH]c2c1)CC1CCC3N1. The number of nitrogen functional groups attached to an aromatic ring is 1. The number of hydrogen-bond acceptors (Lipinski definition) is 15. The molecule has 10 aliphatic rings. The van der Waals surface area contributed by atoms with Crippen molar-refractivity contribution >= 4 is 93.4 Å². The van der Waals surface area contributed by atoms with Gasteiger partial charge in [-0.25, -0.2) is 39.2 Å². The molecule has 24 heteroatoms. The molecule has 10 bridgehead atoms. The van der Waals surface area contributed by atoms with Crippen LogP contribution in [0.2, 0.25) is 0 Å². The third-order valence-electron chi connectivity index (χ3n) is 24.6. The van der Waals surface area contributed by atoms with Gasteiger partial charge in [0, 0.05) is 159 Å². The summed E-state index contributed by atoms with van der Waals surface area (Å²) in [5, 5.41) is 12.0. The van der Waals surface area contributed by atoms with E-state index in [1.807, 2.05) is 258 Å². The number of amides is 3. The predicted molar refractivity (Wildman–Crippen MR) is 532 cm³/mol. The Hall–Kier alpha value is -10.2. The number of fused-ring (bicyclic) bond motifs is 26. The number of hydrazine groups is 1. The first-order valence-electron chi connectivity index (χ1n) is 47.0.